The van der Waals surface area contributed by atoms with E-state index in [4.69, 9.17) is 4.74 Å². The Balaban J connectivity index is 1.92. The minimum atomic E-state index is 0.605. The molecule has 1 aromatic carbocycles. The molecule has 1 aromatic rings. The zero-order valence-corrected chi connectivity index (χ0v) is 10.3. The SMILES string of the molecule is Brc1ccc(CC2CNCCOC2)cc1. The van der Waals surface area contributed by atoms with Crippen LogP contribution in [0, 0.1) is 5.92 Å². The molecular formula is C12H16BrNO. The highest BCUT2D eigenvalue weighted by molar-refractivity contribution is 9.10. The van der Waals surface area contributed by atoms with Crippen molar-refractivity contribution in [3.8, 4) is 0 Å². The summed E-state index contributed by atoms with van der Waals surface area (Å²) in [5, 5.41) is 3.39. The van der Waals surface area contributed by atoms with Crippen molar-refractivity contribution >= 4 is 15.9 Å². The van der Waals surface area contributed by atoms with Crippen LogP contribution in [0.3, 0.4) is 0 Å². The van der Waals surface area contributed by atoms with Crippen LogP contribution in [0.25, 0.3) is 0 Å². The number of nitrogens with one attached hydrogen (secondary N) is 1. The highest BCUT2D eigenvalue weighted by atomic mass is 79.9. The first-order valence-corrected chi connectivity index (χ1v) is 6.17. The molecule has 0 aliphatic carbocycles. The van der Waals surface area contributed by atoms with Crippen molar-refractivity contribution in [2.24, 2.45) is 5.92 Å². The van der Waals surface area contributed by atoms with Gasteiger partial charge in [0.2, 0.25) is 0 Å². The molecule has 0 bridgehead atoms. The summed E-state index contributed by atoms with van der Waals surface area (Å²) < 4.78 is 6.67. The molecule has 2 rings (SSSR count). The Hall–Kier alpha value is -0.380. The van der Waals surface area contributed by atoms with Crippen molar-refractivity contribution in [2.45, 2.75) is 6.42 Å². The Kier molecular flexibility index (Phi) is 4.18. The second-order valence-corrected chi connectivity index (χ2v) is 4.89. The summed E-state index contributed by atoms with van der Waals surface area (Å²) in [5.74, 6) is 0.605. The van der Waals surface area contributed by atoms with Gasteiger partial charge in [0.1, 0.15) is 0 Å². The molecule has 1 aliphatic rings. The molecule has 1 heterocycles. The van der Waals surface area contributed by atoms with Crippen LogP contribution >= 0.6 is 15.9 Å². The van der Waals surface area contributed by atoms with Gasteiger partial charge in [0.25, 0.3) is 0 Å². The maximum atomic E-state index is 5.53. The molecule has 0 saturated carbocycles. The highest BCUT2D eigenvalue weighted by Crippen LogP contribution is 2.14. The van der Waals surface area contributed by atoms with Gasteiger partial charge in [-0.25, -0.2) is 0 Å². The van der Waals surface area contributed by atoms with Gasteiger partial charge in [-0.3, -0.25) is 0 Å². The molecule has 2 nitrogen and oxygen atoms in total. The fourth-order valence-corrected chi connectivity index (χ4v) is 2.11. The molecule has 0 aromatic heterocycles. The monoisotopic (exact) mass is 269 g/mol. The summed E-state index contributed by atoms with van der Waals surface area (Å²) in [6.07, 6.45) is 1.10. The normalized spacial score (nSPS) is 22.3. The summed E-state index contributed by atoms with van der Waals surface area (Å²) in [6.45, 7) is 3.77. The van der Waals surface area contributed by atoms with Crippen LogP contribution in [0.5, 0.6) is 0 Å². The molecule has 1 fully saturated rings. The summed E-state index contributed by atoms with van der Waals surface area (Å²) in [6, 6.07) is 8.55. The van der Waals surface area contributed by atoms with Crippen LogP contribution in [0.15, 0.2) is 28.7 Å². The predicted octanol–water partition coefficient (Wildman–Crippen LogP) is 2.23. The van der Waals surface area contributed by atoms with E-state index in [0.29, 0.717) is 5.92 Å². The van der Waals surface area contributed by atoms with Gasteiger partial charge in [-0.05, 0) is 30.0 Å². The van der Waals surface area contributed by atoms with E-state index in [0.717, 1.165) is 37.2 Å². The second kappa shape index (κ2) is 5.64. The number of hydrogen-bond donors (Lipinski definition) is 1. The molecule has 82 valence electrons. The fraction of sp³-hybridized carbons (Fsp3) is 0.500. The molecule has 1 unspecified atom stereocenters. The second-order valence-electron chi connectivity index (χ2n) is 3.98. The summed E-state index contributed by atoms with van der Waals surface area (Å²) in [7, 11) is 0. The topological polar surface area (TPSA) is 21.3 Å². The maximum Gasteiger partial charge on any atom is 0.0591 e. The lowest BCUT2D eigenvalue weighted by molar-refractivity contribution is 0.123. The van der Waals surface area contributed by atoms with Gasteiger partial charge in [-0.1, -0.05) is 28.1 Å². The Morgan fingerprint density at radius 1 is 1.33 bits per heavy atom. The Bertz CT molecular complexity index is 291. The van der Waals surface area contributed by atoms with E-state index in [2.05, 4.69) is 45.5 Å². The van der Waals surface area contributed by atoms with Crippen molar-refractivity contribution in [1.82, 2.24) is 5.32 Å². The zero-order valence-electron chi connectivity index (χ0n) is 8.71. The lowest BCUT2D eigenvalue weighted by Crippen LogP contribution is -2.24. The van der Waals surface area contributed by atoms with E-state index < -0.39 is 0 Å². The molecule has 0 radical (unpaired) electrons. The van der Waals surface area contributed by atoms with Gasteiger partial charge >= 0.3 is 0 Å². The summed E-state index contributed by atoms with van der Waals surface area (Å²) in [4.78, 5) is 0. The third-order valence-electron chi connectivity index (χ3n) is 2.65. The van der Waals surface area contributed by atoms with Crippen LogP contribution in [0.2, 0.25) is 0 Å². The van der Waals surface area contributed by atoms with E-state index in [9.17, 15) is 0 Å². The van der Waals surface area contributed by atoms with Crippen molar-refractivity contribution in [3.63, 3.8) is 0 Å². The lowest BCUT2D eigenvalue weighted by atomic mass is 10.0. The Labute approximate surface area is 99.1 Å². The maximum absolute atomic E-state index is 5.53. The number of ether oxygens (including phenoxy) is 1. The minimum absolute atomic E-state index is 0.605. The van der Waals surface area contributed by atoms with E-state index in [1.165, 1.54) is 5.56 Å². The van der Waals surface area contributed by atoms with Crippen molar-refractivity contribution in [3.05, 3.63) is 34.3 Å². The highest BCUT2D eigenvalue weighted by Gasteiger charge is 2.12. The first-order valence-electron chi connectivity index (χ1n) is 5.37. The van der Waals surface area contributed by atoms with E-state index in [-0.39, 0.29) is 0 Å². The summed E-state index contributed by atoms with van der Waals surface area (Å²) in [5.41, 5.74) is 1.38. The average Bonchev–Trinajstić information content (AvgIpc) is 2.50. The quantitative estimate of drug-likeness (QED) is 0.889. The van der Waals surface area contributed by atoms with Gasteiger partial charge in [-0.15, -0.1) is 0 Å². The third kappa shape index (κ3) is 3.59. The smallest absolute Gasteiger partial charge is 0.0591 e. The number of benzene rings is 1. The van der Waals surface area contributed by atoms with E-state index >= 15 is 0 Å². The molecule has 1 aliphatic heterocycles. The van der Waals surface area contributed by atoms with Gasteiger partial charge in [0.15, 0.2) is 0 Å². The standard InChI is InChI=1S/C12H16BrNO/c13-12-3-1-10(2-4-12)7-11-8-14-5-6-15-9-11/h1-4,11,14H,5-9H2. The molecule has 1 saturated heterocycles. The van der Waals surface area contributed by atoms with Gasteiger partial charge in [0, 0.05) is 17.6 Å². The van der Waals surface area contributed by atoms with Crippen LogP contribution in [-0.4, -0.2) is 26.3 Å². The van der Waals surface area contributed by atoms with Crippen molar-refractivity contribution in [1.29, 1.82) is 0 Å². The zero-order chi connectivity index (χ0) is 10.5. The Morgan fingerprint density at radius 2 is 2.13 bits per heavy atom. The molecule has 1 N–H and O–H groups in total. The average molecular weight is 270 g/mol. The first-order chi connectivity index (χ1) is 7.34. The molecule has 0 amide bonds. The van der Waals surface area contributed by atoms with Gasteiger partial charge < -0.3 is 10.1 Å². The molecule has 0 spiro atoms. The van der Waals surface area contributed by atoms with Crippen molar-refractivity contribution < 1.29 is 4.74 Å². The fourth-order valence-electron chi connectivity index (χ4n) is 1.84. The molecule has 15 heavy (non-hydrogen) atoms. The van der Waals surface area contributed by atoms with E-state index in [1.807, 2.05) is 0 Å². The number of halogens is 1. The summed E-state index contributed by atoms with van der Waals surface area (Å²) >= 11 is 3.45. The number of rotatable bonds is 2. The minimum Gasteiger partial charge on any atom is -0.380 e. The van der Waals surface area contributed by atoms with Gasteiger partial charge in [0.05, 0.1) is 13.2 Å². The van der Waals surface area contributed by atoms with Crippen LogP contribution < -0.4 is 5.32 Å². The van der Waals surface area contributed by atoms with E-state index in [1.54, 1.807) is 0 Å². The van der Waals surface area contributed by atoms with Crippen LogP contribution in [0.4, 0.5) is 0 Å². The number of hydrogen-bond acceptors (Lipinski definition) is 2. The Morgan fingerprint density at radius 3 is 2.93 bits per heavy atom. The van der Waals surface area contributed by atoms with Gasteiger partial charge in [-0.2, -0.15) is 0 Å². The largest absolute Gasteiger partial charge is 0.380 e. The lowest BCUT2D eigenvalue weighted by Gasteiger charge is -2.13. The predicted molar refractivity (Wildman–Crippen MR) is 65.0 cm³/mol. The van der Waals surface area contributed by atoms with Crippen molar-refractivity contribution in [2.75, 3.05) is 26.3 Å². The molecule has 3 heteroatoms. The molecular weight excluding hydrogens is 254 g/mol. The first kappa shape index (κ1) is 11.1. The van der Waals surface area contributed by atoms with Crippen LogP contribution in [0.1, 0.15) is 5.56 Å². The molecule has 1 atom stereocenters. The third-order valence-corrected chi connectivity index (χ3v) is 3.18. The van der Waals surface area contributed by atoms with Crippen LogP contribution in [-0.2, 0) is 11.2 Å².